The first-order valence-corrected chi connectivity index (χ1v) is 7.98. The summed E-state index contributed by atoms with van der Waals surface area (Å²) in [4.78, 5) is 14.5. The third kappa shape index (κ3) is 3.97. The van der Waals surface area contributed by atoms with E-state index >= 15 is 0 Å². The lowest BCUT2D eigenvalue weighted by molar-refractivity contribution is -0.133. The molecule has 1 aromatic carbocycles. The van der Waals surface area contributed by atoms with Gasteiger partial charge in [-0.3, -0.25) is 4.79 Å². The Morgan fingerprint density at radius 3 is 2.62 bits per heavy atom. The minimum atomic E-state index is 0.268. The van der Waals surface area contributed by atoms with Crippen LogP contribution in [0.15, 0.2) is 24.3 Å². The fourth-order valence-corrected chi connectivity index (χ4v) is 2.93. The maximum Gasteiger partial charge on any atom is 0.223 e. The van der Waals surface area contributed by atoms with Crippen LogP contribution in [0.1, 0.15) is 44.1 Å². The van der Waals surface area contributed by atoms with Gasteiger partial charge in [-0.15, -0.1) is 0 Å². The summed E-state index contributed by atoms with van der Waals surface area (Å²) in [6, 6.07) is 8.27. The molecule has 3 rings (SSSR count). The second-order valence-corrected chi connectivity index (χ2v) is 6.17. The fraction of sp³-hybridized carbons (Fsp3) is 0.588. The molecule has 1 aromatic rings. The number of anilines is 1. The van der Waals surface area contributed by atoms with E-state index in [4.69, 9.17) is 10.5 Å². The average molecular weight is 288 g/mol. The van der Waals surface area contributed by atoms with Gasteiger partial charge in [-0.25, -0.2) is 0 Å². The molecule has 2 fully saturated rings. The standard InChI is InChI=1S/C17H24N2O2/c18-14-5-3-13(4-6-14)12-19(15-7-8-15)17(20)10-9-16-2-1-11-21-16/h3-6,15-16H,1-2,7-12,18H2. The van der Waals surface area contributed by atoms with Gasteiger partial charge in [-0.2, -0.15) is 0 Å². The monoisotopic (exact) mass is 288 g/mol. The number of nitrogens with two attached hydrogens (primary N) is 1. The van der Waals surface area contributed by atoms with Gasteiger partial charge in [0.15, 0.2) is 0 Å². The van der Waals surface area contributed by atoms with E-state index in [1.807, 2.05) is 29.2 Å². The summed E-state index contributed by atoms with van der Waals surface area (Å²) in [5, 5.41) is 0. The predicted molar refractivity (Wildman–Crippen MR) is 82.6 cm³/mol. The summed E-state index contributed by atoms with van der Waals surface area (Å²) in [7, 11) is 0. The van der Waals surface area contributed by atoms with Crippen molar-refractivity contribution in [2.24, 2.45) is 0 Å². The number of nitrogens with zero attached hydrogens (tertiary/aromatic N) is 1. The molecule has 1 unspecified atom stereocenters. The topological polar surface area (TPSA) is 55.6 Å². The number of benzene rings is 1. The quantitative estimate of drug-likeness (QED) is 0.819. The first-order valence-electron chi connectivity index (χ1n) is 7.98. The van der Waals surface area contributed by atoms with Crippen LogP contribution in [0.5, 0.6) is 0 Å². The molecule has 21 heavy (non-hydrogen) atoms. The van der Waals surface area contributed by atoms with Gasteiger partial charge in [-0.1, -0.05) is 12.1 Å². The van der Waals surface area contributed by atoms with Gasteiger partial charge in [-0.05, 0) is 49.8 Å². The van der Waals surface area contributed by atoms with E-state index in [0.29, 0.717) is 25.1 Å². The van der Waals surface area contributed by atoms with Crippen LogP contribution in [-0.4, -0.2) is 29.6 Å². The van der Waals surface area contributed by atoms with E-state index in [-0.39, 0.29) is 5.91 Å². The SMILES string of the molecule is Nc1ccc(CN(C(=O)CCC2CCCO2)C2CC2)cc1. The van der Waals surface area contributed by atoms with Crippen LogP contribution in [-0.2, 0) is 16.1 Å². The maximum absolute atomic E-state index is 12.5. The van der Waals surface area contributed by atoms with E-state index in [1.165, 1.54) is 0 Å². The Balaban J connectivity index is 1.55. The number of hydrogen-bond acceptors (Lipinski definition) is 3. The third-order valence-corrected chi connectivity index (χ3v) is 4.34. The average Bonchev–Trinajstić information content (AvgIpc) is 3.19. The van der Waals surface area contributed by atoms with Crippen molar-refractivity contribution in [3.8, 4) is 0 Å². The van der Waals surface area contributed by atoms with Gasteiger partial charge < -0.3 is 15.4 Å². The molecule has 1 heterocycles. The number of rotatable bonds is 6. The first-order chi connectivity index (χ1) is 10.2. The molecule has 114 valence electrons. The van der Waals surface area contributed by atoms with Crippen LogP contribution >= 0.6 is 0 Å². The predicted octanol–water partition coefficient (Wildman–Crippen LogP) is 2.72. The molecule has 0 bridgehead atoms. The van der Waals surface area contributed by atoms with Crippen molar-refractivity contribution >= 4 is 11.6 Å². The molecule has 1 aliphatic carbocycles. The molecule has 1 saturated heterocycles. The second kappa shape index (κ2) is 6.48. The Morgan fingerprint density at radius 1 is 1.24 bits per heavy atom. The smallest absolute Gasteiger partial charge is 0.223 e. The fourth-order valence-electron chi connectivity index (χ4n) is 2.93. The van der Waals surface area contributed by atoms with Crippen molar-refractivity contribution in [1.82, 2.24) is 4.90 Å². The molecule has 0 aromatic heterocycles. The lowest BCUT2D eigenvalue weighted by Gasteiger charge is -2.23. The van der Waals surface area contributed by atoms with Crippen LogP contribution in [0.2, 0.25) is 0 Å². The van der Waals surface area contributed by atoms with Gasteiger partial charge in [0.25, 0.3) is 0 Å². The first kappa shape index (κ1) is 14.4. The largest absolute Gasteiger partial charge is 0.399 e. The van der Waals surface area contributed by atoms with E-state index in [9.17, 15) is 4.79 Å². The molecule has 0 radical (unpaired) electrons. The highest BCUT2D eigenvalue weighted by Crippen LogP contribution is 2.30. The minimum Gasteiger partial charge on any atom is -0.399 e. The zero-order valence-electron chi connectivity index (χ0n) is 12.5. The Hall–Kier alpha value is -1.55. The summed E-state index contributed by atoms with van der Waals surface area (Å²) in [6.45, 7) is 1.56. The number of carbonyl (C=O) groups excluding carboxylic acids is 1. The van der Waals surface area contributed by atoms with Crippen molar-refractivity contribution in [3.63, 3.8) is 0 Å². The van der Waals surface area contributed by atoms with Crippen molar-refractivity contribution in [2.45, 2.75) is 57.2 Å². The number of nitrogen functional groups attached to an aromatic ring is 1. The van der Waals surface area contributed by atoms with Gasteiger partial charge in [0.2, 0.25) is 5.91 Å². The highest BCUT2D eigenvalue weighted by Gasteiger charge is 2.32. The molecule has 2 N–H and O–H groups in total. The molecule has 0 spiro atoms. The Kier molecular flexibility index (Phi) is 4.44. The molecule has 4 heteroatoms. The number of ether oxygens (including phenoxy) is 1. The summed E-state index contributed by atoms with van der Waals surface area (Å²) >= 11 is 0. The van der Waals surface area contributed by atoms with Crippen molar-refractivity contribution in [1.29, 1.82) is 0 Å². The highest BCUT2D eigenvalue weighted by atomic mass is 16.5. The van der Waals surface area contributed by atoms with E-state index < -0.39 is 0 Å². The molecule has 1 atom stereocenters. The van der Waals surface area contributed by atoms with Gasteiger partial charge in [0, 0.05) is 31.3 Å². The van der Waals surface area contributed by atoms with Crippen molar-refractivity contribution in [3.05, 3.63) is 29.8 Å². The Labute approximate surface area is 126 Å². The summed E-state index contributed by atoms with van der Waals surface area (Å²) in [5.41, 5.74) is 7.63. The third-order valence-electron chi connectivity index (χ3n) is 4.34. The van der Waals surface area contributed by atoms with Gasteiger partial charge in [0.05, 0.1) is 6.10 Å². The summed E-state index contributed by atoms with van der Waals surface area (Å²) < 4.78 is 5.61. The van der Waals surface area contributed by atoms with Crippen molar-refractivity contribution in [2.75, 3.05) is 12.3 Å². The number of carbonyl (C=O) groups is 1. The second-order valence-electron chi connectivity index (χ2n) is 6.17. The Bertz CT molecular complexity index is 476. The van der Waals surface area contributed by atoms with Crippen LogP contribution in [0.25, 0.3) is 0 Å². The maximum atomic E-state index is 12.5. The molecular formula is C17H24N2O2. The number of amides is 1. The van der Waals surface area contributed by atoms with Crippen LogP contribution in [0.4, 0.5) is 5.69 Å². The van der Waals surface area contributed by atoms with E-state index in [0.717, 1.165) is 50.0 Å². The lowest BCUT2D eigenvalue weighted by atomic mass is 10.1. The van der Waals surface area contributed by atoms with Gasteiger partial charge in [0.1, 0.15) is 0 Å². The van der Waals surface area contributed by atoms with Crippen molar-refractivity contribution < 1.29 is 9.53 Å². The van der Waals surface area contributed by atoms with E-state index in [1.54, 1.807) is 0 Å². The highest BCUT2D eigenvalue weighted by molar-refractivity contribution is 5.77. The van der Waals surface area contributed by atoms with Crippen LogP contribution < -0.4 is 5.73 Å². The zero-order valence-corrected chi connectivity index (χ0v) is 12.5. The molecular weight excluding hydrogens is 264 g/mol. The molecule has 2 aliphatic rings. The van der Waals surface area contributed by atoms with Gasteiger partial charge >= 0.3 is 0 Å². The molecule has 1 saturated carbocycles. The normalized spacial score (nSPS) is 21.4. The number of hydrogen-bond donors (Lipinski definition) is 1. The molecule has 4 nitrogen and oxygen atoms in total. The molecule has 1 aliphatic heterocycles. The van der Waals surface area contributed by atoms with Crippen LogP contribution in [0, 0.1) is 0 Å². The zero-order chi connectivity index (χ0) is 14.7. The molecule has 1 amide bonds. The van der Waals surface area contributed by atoms with Crippen LogP contribution in [0.3, 0.4) is 0 Å². The summed E-state index contributed by atoms with van der Waals surface area (Å²) in [6.07, 6.45) is 6.29. The Morgan fingerprint density at radius 2 is 2.00 bits per heavy atom. The minimum absolute atomic E-state index is 0.268. The van der Waals surface area contributed by atoms with E-state index in [2.05, 4.69) is 0 Å². The lowest BCUT2D eigenvalue weighted by Crippen LogP contribution is -2.33. The summed E-state index contributed by atoms with van der Waals surface area (Å²) in [5.74, 6) is 0.268.